The lowest BCUT2D eigenvalue weighted by atomic mass is 10.2. The molecule has 0 saturated carbocycles. The Morgan fingerprint density at radius 3 is 2.88 bits per heavy atom. The van der Waals surface area contributed by atoms with Crippen molar-refractivity contribution in [3.05, 3.63) is 45.3 Å². The summed E-state index contributed by atoms with van der Waals surface area (Å²) in [6.45, 7) is 0. The quantitative estimate of drug-likeness (QED) is 0.941. The summed E-state index contributed by atoms with van der Waals surface area (Å²) in [7, 11) is 0. The van der Waals surface area contributed by atoms with Gasteiger partial charge in [-0.05, 0) is 28.1 Å². The summed E-state index contributed by atoms with van der Waals surface area (Å²) in [4.78, 5) is 4.13. The molecule has 1 aromatic heterocycles. The number of hydrogen-bond acceptors (Lipinski definition) is 4. The highest BCUT2D eigenvalue weighted by Crippen LogP contribution is 2.25. The van der Waals surface area contributed by atoms with Gasteiger partial charge in [0, 0.05) is 15.5 Å². The van der Waals surface area contributed by atoms with E-state index in [9.17, 15) is 0 Å². The minimum Gasteiger partial charge on any atom is -0.364 e. The van der Waals surface area contributed by atoms with Gasteiger partial charge in [0.1, 0.15) is 0 Å². The largest absolute Gasteiger partial charge is 0.364 e. The van der Waals surface area contributed by atoms with Crippen molar-refractivity contribution in [1.29, 1.82) is 5.26 Å². The van der Waals surface area contributed by atoms with Gasteiger partial charge in [0.25, 0.3) is 0 Å². The van der Waals surface area contributed by atoms with Crippen LogP contribution in [0, 0.1) is 11.3 Å². The average Bonchev–Trinajstić information content (AvgIpc) is 2.81. The van der Waals surface area contributed by atoms with Crippen molar-refractivity contribution in [2.24, 2.45) is 0 Å². The van der Waals surface area contributed by atoms with E-state index >= 15 is 0 Å². The molecule has 0 bridgehead atoms. The third kappa shape index (κ3) is 2.40. The molecule has 1 aromatic carbocycles. The molecule has 1 heterocycles. The summed E-state index contributed by atoms with van der Waals surface area (Å²) >= 11 is 4.91. The topological polar surface area (TPSA) is 48.7 Å². The normalized spacial score (nSPS) is 11.8. The summed E-state index contributed by atoms with van der Waals surface area (Å²) in [5, 5.41) is 14.1. The van der Waals surface area contributed by atoms with E-state index in [1.807, 2.05) is 29.6 Å². The maximum absolute atomic E-state index is 9.09. The molecule has 0 saturated heterocycles. The van der Waals surface area contributed by atoms with Crippen LogP contribution in [0.2, 0.25) is 0 Å². The lowest BCUT2D eigenvalue weighted by Gasteiger charge is -2.11. The molecular weight excluding hydrogens is 286 g/mol. The van der Waals surface area contributed by atoms with Crippen molar-refractivity contribution in [2.45, 2.75) is 6.04 Å². The van der Waals surface area contributed by atoms with Crippen molar-refractivity contribution in [1.82, 2.24) is 4.98 Å². The Labute approximate surface area is 106 Å². The minimum absolute atomic E-state index is 0.412. The number of aromatic nitrogens is 1. The molecule has 2 aromatic rings. The van der Waals surface area contributed by atoms with E-state index in [-0.39, 0.29) is 0 Å². The molecule has 0 spiro atoms. The smallest absolute Gasteiger partial charge is 0.158 e. The van der Waals surface area contributed by atoms with Gasteiger partial charge in [0.15, 0.2) is 6.04 Å². The molecule has 0 aliphatic rings. The van der Waals surface area contributed by atoms with Gasteiger partial charge in [-0.2, -0.15) is 5.26 Å². The van der Waals surface area contributed by atoms with Crippen LogP contribution in [0.4, 0.5) is 5.69 Å². The van der Waals surface area contributed by atoms with E-state index in [0.29, 0.717) is 0 Å². The molecule has 0 amide bonds. The zero-order valence-electron chi connectivity index (χ0n) is 8.22. The van der Waals surface area contributed by atoms with Crippen molar-refractivity contribution < 1.29 is 0 Å². The molecule has 3 nitrogen and oxygen atoms in total. The number of nitrogens with one attached hydrogen (secondary N) is 1. The Balaban J connectivity index is 2.21. The number of anilines is 1. The zero-order chi connectivity index (χ0) is 11.4. The predicted molar refractivity (Wildman–Crippen MR) is 68.2 cm³/mol. The van der Waals surface area contributed by atoms with Crippen molar-refractivity contribution >= 4 is 33.0 Å². The maximum Gasteiger partial charge on any atom is 0.158 e. The van der Waals surface area contributed by atoms with Crippen LogP contribution in [-0.2, 0) is 0 Å². The molecule has 16 heavy (non-hydrogen) atoms. The molecule has 0 fully saturated rings. The van der Waals surface area contributed by atoms with Gasteiger partial charge in [-0.15, -0.1) is 11.3 Å². The SMILES string of the molecule is N#CC(Nc1ccccc1Br)c1cscn1. The Kier molecular flexibility index (Phi) is 3.54. The first kappa shape index (κ1) is 11.1. The second-order valence-electron chi connectivity index (χ2n) is 3.10. The van der Waals surface area contributed by atoms with Crippen LogP contribution in [0.5, 0.6) is 0 Å². The Morgan fingerprint density at radius 1 is 1.44 bits per heavy atom. The molecular formula is C11H8BrN3S. The van der Waals surface area contributed by atoms with Gasteiger partial charge in [-0.25, -0.2) is 4.98 Å². The third-order valence-electron chi connectivity index (χ3n) is 2.05. The summed E-state index contributed by atoms with van der Waals surface area (Å²) in [6.07, 6.45) is 0. The van der Waals surface area contributed by atoms with Crippen LogP contribution in [0.15, 0.2) is 39.6 Å². The minimum atomic E-state index is -0.412. The van der Waals surface area contributed by atoms with Crippen LogP contribution in [-0.4, -0.2) is 4.98 Å². The van der Waals surface area contributed by atoms with E-state index < -0.39 is 6.04 Å². The van der Waals surface area contributed by atoms with Gasteiger partial charge in [-0.1, -0.05) is 12.1 Å². The number of nitriles is 1. The molecule has 1 unspecified atom stereocenters. The predicted octanol–water partition coefficient (Wildman–Crippen LogP) is 3.58. The maximum atomic E-state index is 9.09. The van der Waals surface area contributed by atoms with Gasteiger partial charge in [0.05, 0.1) is 17.3 Å². The first-order valence-electron chi connectivity index (χ1n) is 4.60. The lowest BCUT2D eigenvalue weighted by Crippen LogP contribution is -2.09. The van der Waals surface area contributed by atoms with Crippen LogP contribution >= 0.6 is 27.3 Å². The molecule has 80 valence electrons. The second-order valence-corrected chi connectivity index (χ2v) is 4.67. The molecule has 0 radical (unpaired) electrons. The van der Waals surface area contributed by atoms with Crippen LogP contribution in [0.25, 0.3) is 0 Å². The second kappa shape index (κ2) is 5.10. The van der Waals surface area contributed by atoms with E-state index in [0.717, 1.165) is 15.9 Å². The highest BCUT2D eigenvalue weighted by atomic mass is 79.9. The van der Waals surface area contributed by atoms with Gasteiger partial charge < -0.3 is 5.32 Å². The standard InChI is InChI=1S/C11H8BrN3S/c12-8-3-1-2-4-9(8)15-10(5-13)11-6-16-7-14-11/h1-4,6-7,10,15H. The molecule has 5 heteroatoms. The zero-order valence-corrected chi connectivity index (χ0v) is 10.6. The summed E-state index contributed by atoms with van der Waals surface area (Å²) in [6, 6.07) is 9.48. The molecule has 1 N–H and O–H groups in total. The van der Waals surface area contributed by atoms with Crippen molar-refractivity contribution in [3.63, 3.8) is 0 Å². The Morgan fingerprint density at radius 2 is 2.25 bits per heavy atom. The molecule has 1 atom stereocenters. The fourth-order valence-corrected chi connectivity index (χ4v) is 2.25. The van der Waals surface area contributed by atoms with Crippen LogP contribution in [0.1, 0.15) is 11.7 Å². The first-order chi connectivity index (χ1) is 7.81. The fourth-order valence-electron chi connectivity index (χ4n) is 1.27. The third-order valence-corrected chi connectivity index (χ3v) is 3.35. The summed E-state index contributed by atoms with van der Waals surface area (Å²) < 4.78 is 0.936. The van der Waals surface area contributed by atoms with Gasteiger partial charge in [0.2, 0.25) is 0 Å². The number of thiazole rings is 1. The molecule has 0 aliphatic carbocycles. The van der Waals surface area contributed by atoms with E-state index in [1.165, 1.54) is 11.3 Å². The van der Waals surface area contributed by atoms with E-state index in [2.05, 4.69) is 32.3 Å². The Bertz CT molecular complexity index is 504. The summed E-state index contributed by atoms with van der Waals surface area (Å²) in [5.74, 6) is 0. The average molecular weight is 294 g/mol. The number of hydrogen-bond donors (Lipinski definition) is 1. The Hall–Kier alpha value is -1.38. The van der Waals surface area contributed by atoms with E-state index in [4.69, 9.17) is 5.26 Å². The molecule has 2 rings (SSSR count). The van der Waals surface area contributed by atoms with Crippen LogP contribution in [0.3, 0.4) is 0 Å². The highest BCUT2D eigenvalue weighted by Gasteiger charge is 2.12. The number of para-hydroxylation sites is 1. The van der Waals surface area contributed by atoms with Crippen molar-refractivity contribution in [2.75, 3.05) is 5.32 Å². The number of nitrogens with zero attached hydrogens (tertiary/aromatic N) is 2. The summed E-state index contributed by atoms with van der Waals surface area (Å²) in [5.41, 5.74) is 3.37. The number of halogens is 1. The fraction of sp³-hybridized carbons (Fsp3) is 0.0909. The highest BCUT2D eigenvalue weighted by molar-refractivity contribution is 9.10. The molecule has 0 aliphatic heterocycles. The lowest BCUT2D eigenvalue weighted by molar-refractivity contribution is 0.949. The van der Waals surface area contributed by atoms with Crippen molar-refractivity contribution in [3.8, 4) is 6.07 Å². The monoisotopic (exact) mass is 293 g/mol. The van der Waals surface area contributed by atoms with Crippen LogP contribution < -0.4 is 5.32 Å². The number of benzene rings is 1. The number of rotatable bonds is 3. The first-order valence-corrected chi connectivity index (χ1v) is 6.33. The van der Waals surface area contributed by atoms with Gasteiger partial charge >= 0.3 is 0 Å². The van der Waals surface area contributed by atoms with Gasteiger partial charge in [-0.3, -0.25) is 0 Å². The van der Waals surface area contributed by atoms with E-state index in [1.54, 1.807) is 5.51 Å².